The van der Waals surface area contributed by atoms with Crippen LogP contribution in [0.25, 0.3) is 0 Å². The molecule has 1 saturated carbocycles. The molecule has 0 radical (unpaired) electrons. The number of amides is 1. The van der Waals surface area contributed by atoms with E-state index in [1.165, 1.54) is 22.9 Å². The van der Waals surface area contributed by atoms with Crippen LogP contribution in [0.1, 0.15) is 28.8 Å². The second-order valence-electron chi connectivity index (χ2n) is 6.10. The Morgan fingerprint density at radius 3 is 2.60 bits per heavy atom. The summed E-state index contributed by atoms with van der Waals surface area (Å²) in [4.78, 5) is 35.7. The first-order valence-electron chi connectivity index (χ1n) is 7.93. The van der Waals surface area contributed by atoms with E-state index in [1.807, 2.05) is 6.07 Å². The SMILES string of the molecule is O=C(NC(C(=O)O)C1CC1)c1ccc(=O)n(Cc2ccccc2Cl)c1. The van der Waals surface area contributed by atoms with Crippen molar-refractivity contribution in [2.75, 3.05) is 0 Å². The van der Waals surface area contributed by atoms with E-state index >= 15 is 0 Å². The predicted octanol–water partition coefficient (Wildman–Crippen LogP) is 2.14. The largest absolute Gasteiger partial charge is 0.480 e. The molecule has 2 N–H and O–H groups in total. The van der Waals surface area contributed by atoms with E-state index in [-0.39, 0.29) is 23.6 Å². The summed E-state index contributed by atoms with van der Waals surface area (Å²) in [6.45, 7) is 0.227. The molecular weight excluding hydrogens is 344 g/mol. The topological polar surface area (TPSA) is 88.4 Å². The Balaban J connectivity index is 1.81. The van der Waals surface area contributed by atoms with Gasteiger partial charge in [-0.15, -0.1) is 0 Å². The van der Waals surface area contributed by atoms with Crippen molar-refractivity contribution < 1.29 is 14.7 Å². The van der Waals surface area contributed by atoms with Gasteiger partial charge in [-0.05, 0) is 36.5 Å². The molecule has 25 heavy (non-hydrogen) atoms. The molecule has 1 aliphatic carbocycles. The van der Waals surface area contributed by atoms with Crippen LogP contribution in [-0.4, -0.2) is 27.6 Å². The lowest BCUT2D eigenvalue weighted by Crippen LogP contribution is -2.42. The average Bonchev–Trinajstić information content (AvgIpc) is 3.41. The van der Waals surface area contributed by atoms with E-state index in [2.05, 4.69) is 5.32 Å². The Morgan fingerprint density at radius 1 is 1.24 bits per heavy atom. The molecule has 6 nitrogen and oxygen atoms in total. The lowest BCUT2D eigenvalue weighted by atomic mass is 10.1. The van der Waals surface area contributed by atoms with Crippen LogP contribution in [0.4, 0.5) is 0 Å². The van der Waals surface area contributed by atoms with Gasteiger partial charge in [0.2, 0.25) is 0 Å². The number of halogens is 1. The van der Waals surface area contributed by atoms with Gasteiger partial charge in [-0.25, -0.2) is 4.79 Å². The number of carboxylic acids is 1. The highest BCUT2D eigenvalue weighted by molar-refractivity contribution is 6.31. The lowest BCUT2D eigenvalue weighted by molar-refractivity contribution is -0.139. The highest BCUT2D eigenvalue weighted by Crippen LogP contribution is 2.32. The molecule has 0 spiro atoms. The van der Waals surface area contributed by atoms with Gasteiger partial charge >= 0.3 is 5.97 Å². The molecule has 1 amide bonds. The van der Waals surface area contributed by atoms with Gasteiger partial charge in [-0.1, -0.05) is 29.8 Å². The van der Waals surface area contributed by atoms with E-state index in [0.29, 0.717) is 5.02 Å². The molecule has 7 heteroatoms. The molecule has 1 fully saturated rings. The molecule has 1 unspecified atom stereocenters. The van der Waals surface area contributed by atoms with E-state index in [4.69, 9.17) is 11.6 Å². The van der Waals surface area contributed by atoms with Crippen molar-refractivity contribution in [3.63, 3.8) is 0 Å². The van der Waals surface area contributed by atoms with E-state index in [1.54, 1.807) is 18.2 Å². The van der Waals surface area contributed by atoms with Crippen molar-refractivity contribution >= 4 is 23.5 Å². The number of hydrogen-bond acceptors (Lipinski definition) is 3. The minimum atomic E-state index is -1.04. The zero-order valence-electron chi connectivity index (χ0n) is 13.3. The molecular formula is C18H17ClN2O4. The number of carbonyl (C=O) groups is 2. The Morgan fingerprint density at radius 2 is 1.96 bits per heavy atom. The zero-order chi connectivity index (χ0) is 18.0. The van der Waals surface area contributed by atoms with Gasteiger partial charge < -0.3 is 15.0 Å². The fourth-order valence-corrected chi connectivity index (χ4v) is 2.83. The van der Waals surface area contributed by atoms with Crippen LogP contribution in [0.15, 0.2) is 47.4 Å². The summed E-state index contributed by atoms with van der Waals surface area (Å²) in [5.74, 6) is -1.57. The Labute approximate surface area is 149 Å². The number of nitrogens with one attached hydrogen (secondary N) is 1. The average molecular weight is 361 g/mol. The molecule has 130 valence electrons. The first-order valence-corrected chi connectivity index (χ1v) is 8.31. The van der Waals surface area contributed by atoms with Crippen LogP contribution in [-0.2, 0) is 11.3 Å². The number of aromatic nitrogens is 1. The minimum absolute atomic E-state index is 0.0181. The second-order valence-corrected chi connectivity index (χ2v) is 6.51. The fourth-order valence-electron chi connectivity index (χ4n) is 2.63. The van der Waals surface area contributed by atoms with E-state index in [0.717, 1.165) is 18.4 Å². The summed E-state index contributed by atoms with van der Waals surface area (Å²) in [7, 11) is 0. The summed E-state index contributed by atoms with van der Waals surface area (Å²) in [6, 6.07) is 8.93. The third-order valence-electron chi connectivity index (χ3n) is 4.19. The zero-order valence-corrected chi connectivity index (χ0v) is 14.1. The smallest absolute Gasteiger partial charge is 0.326 e. The normalized spacial score (nSPS) is 14.8. The van der Waals surface area contributed by atoms with Crippen molar-refractivity contribution in [2.45, 2.75) is 25.4 Å². The molecule has 0 bridgehead atoms. The number of hydrogen-bond donors (Lipinski definition) is 2. The van der Waals surface area contributed by atoms with Gasteiger partial charge in [-0.3, -0.25) is 9.59 Å². The monoisotopic (exact) mass is 360 g/mol. The van der Waals surface area contributed by atoms with Crippen LogP contribution < -0.4 is 10.9 Å². The minimum Gasteiger partial charge on any atom is -0.480 e. The molecule has 1 atom stereocenters. The summed E-state index contributed by atoms with van der Waals surface area (Å²) in [5.41, 5.74) is 0.720. The third kappa shape index (κ3) is 4.09. The van der Waals surface area contributed by atoms with Crippen LogP contribution >= 0.6 is 11.6 Å². The molecule has 1 aliphatic rings. The number of pyridine rings is 1. The van der Waals surface area contributed by atoms with E-state index in [9.17, 15) is 19.5 Å². The van der Waals surface area contributed by atoms with E-state index < -0.39 is 17.9 Å². The maximum Gasteiger partial charge on any atom is 0.326 e. The third-order valence-corrected chi connectivity index (χ3v) is 4.56. The number of rotatable bonds is 6. The quantitative estimate of drug-likeness (QED) is 0.826. The molecule has 1 aromatic heterocycles. The van der Waals surface area contributed by atoms with Gasteiger partial charge in [0.25, 0.3) is 11.5 Å². The molecule has 2 aromatic rings. The molecule has 0 saturated heterocycles. The standard InChI is InChI=1S/C18H17ClN2O4/c19-14-4-2-1-3-12(14)9-21-10-13(7-8-15(21)22)17(23)20-16(18(24)25)11-5-6-11/h1-4,7-8,10-11,16H,5-6,9H2,(H,20,23)(H,24,25). The van der Waals surface area contributed by atoms with Gasteiger partial charge in [0.15, 0.2) is 0 Å². The van der Waals surface area contributed by atoms with Crippen molar-refractivity contribution in [2.24, 2.45) is 5.92 Å². The summed E-state index contributed by atoms with van der Waals surface area (Å²) < 4.78 is 1.38. The van der Waals surface area contributed by atoms with Gasteiger partial charge in [-0.2, -0.15) is 0 Å². The Bertz CT molecular complexity index is 873. The maximum absolute atomic E-state index is 12.4. The number of carboxylic acid groups (broad SMARTS) is 1. The van der Waals surface area contributed by atoms with Gasteiger partial charge in [0, 0.05) is 17.3 Å². The highest BCUT2D eigenvalue weighted by Gasteiger charge is 2.37. The van der Waals surface area contributed by atoms with Crippen LogP contribution in [0.5, 0.6) is 0 Å². The molecule has 0 aliphatic heterocycles. The fraction of sp³-hybridized carbons (Fsp3) is 0.278. The number of nitrogens with zero attached hydrogens (tertiary/aromatic N) is 1. The molecule has 3 rings (SSSR count). The van der Waals surface area contributed by atoms with Crippen molar-refractivity contribution in [1.29, 1.82) is 0 Å². The maximum atomic E-state index is 12.4. The van der Waals surface area contributed by atoms with Crippen molar-refractivity contribution in [3.05, 3.63) is 69.1 Å². The lowest BCUT2D eigenvalue weighted by Gasteiger charge is -2.14. The van der Waals surface area contributed by atoms with Gasteiger partial charge in [0.05, 0.1) is 12.1 Å². The number of benzene rings is 1. The number of aliphatic carboxylic acids is 1. The van der Waals surface area contributed by atoms with Crippen molar-refractivity contribution in [3.8, 4) is 0 Å². The van der Waals surface area contributed by atoms with Crippen LogP contribution in [0.2, 0.25) is 5.02 Å². The second kappa shape index (κ2) is 7.11. The van der Waals surface area contributed by atoms with Gasteiger partial charge in [0.1, 0.15) is 6.04 Å². The first kappa shape index (κ1) is 17.2. The first-order chi connectivity index (χ1) is 12.0. The molecule has 1 aromatic carbocycles. The van der Waals surface area contributed by atoms with Crippen LogP contribution in [0.3, 0.4) is 0 Å². The van der Waals surface area contributed by atoms with Crippen LogP contribution in [0, 0.1) is 5.92 Å². The highest BCUT2D eigenvalue weighted by atomic mass is 35.5. The molecule has 1 heterocycles. The van der Waals surface area contributed by atoms with Crippen molar-refractivity contribution in [1.82, 2.24) is 9.88 Å². The summed E-state index contributed by atoms with van der Waals surface area (Å²) in [5, 5.41) is 12.3. The predicted molar refractivity (Wildman–Crippen MR) is 92.9 cm³/mol. The Kier molecular flexibility index (Phi) is 4.90. The Hall–Kier alpha value is -2.60. The summed E-state index contributed by atoms with van der Waals surface area (Å²) >= 11 is 6.11. The summed E-state index contributed by atoms with van der Waals surface area (Å²) in [6.07, 6.45) is 3.01. The number of carbonyl (C=O) groups excluding carboxylic acids is 1.